The molecule has 0 radical (unpaired) electrons. The molecule has 0 bridgehead atoms. The Morgan fingerprint density at radius 2 is 1.97 bits per heavy atom. The molecule has 1 amide bonds. The molecule has 3 heterocycles. The van der Waals surface area contributed by atoms with Crippen LogP contribution in [0, 0.1) is 11.3 Å². The molecule has 2 aliphatic rings. The monoisotopic (exact) mass is 436 g/mol. The van der Waals surface area contributed by atoms with Crippen molar-refractivity contribution >= 4 is 23.4 Å². The Kier molecular flexibility index (Phi) is 6.35. The number of allylic oxidation sites excluding steroid dienone is 1. The van der Waals surface area contributed by atoms with Gasteiger partial charge in [-0.2, -0.15) is 5.26 Å². The number of rotatable bonds is 7. The molecule has 2 aliphatic heterocycles. The molecule has 10 nitrogen and oxygen atoms in total. The van der Waals surface area contributed by atoms with Gasteiger partial charge in [-0.05, 0) is 37.1 Å². The molecule has 1 aromatic heterocycles. The van der Waals surface area contributed by atoms with Crippen molar-refractivity contribution in [2.75, 3.05) is 29.4 Å². The number of amides is 1. The van der Waals surface area contributed by atoms with E-state index in [-0.39, 0.29) is 12.5 Å². The Balaban J connectivity index is 1.33. The lowest BCUT2D eigenvalue weighted by molar-refractivity contribution is -0.136. The molecule has 1 N–H and O–H groups in total. The second-order valence-electron chi connectivity index (χ2n) is 7.88. The highest BCUT2D eigenvalue weighted by molar-refractivity contribution is 5.90. The fourth-order valence-electron chi connectivity index (χ4n) is 3.94. The molecule has 0 spiro atoms. The molecule has 0 aliphatic carbocycles. The normalized spacial score (nSPS) is 18.4. The molecule has 10 heteroatoms. The number of aromatic nitrogens is 3. The lowest BCUT2D eigenvalue weighted by atomic mass is 10.0. The van der Waals surface area contributed by atoms with E-state index in [2.05, 4.69) is 21.3 Å². The fraction of sp³-hybridized carbons (Fsp3) is 0.409. The van der Waals surface area contributed by atoms with Crippen molar-refractivity contribution in [3.63, 3.8) is 0 Å². The SMILES string of the molecule is N#CC=C1CCN(c2ccc(N3CC(Cn4cc(CCC(=O)O)nn4)OC3=O)cc2)CC1. The number of aliphatic carboxylic acids is 1. The summed E-state index contributed by atoms with van der Waals surface area (Å²) >= 11 is 0. The van der Waals surface area contributed by atoms with Gasteiger partial charge in [0.1, 0.15) is 6.10 Å². The summed E-state index contributed by atoms with van der Waals surface area (Å²) in [5.41, 5.74) is 3.64. The zero-order chi connectivity index (χ0) is 22.5. The number of hydrogen-bond acceptors (Lipinski definition) is 7. The molecule has 2 aromatic rings. The second kappa shape index (κ2) is 9.51. The Morgan fingerprint density at radius 1 is 1.25 bits per heavy atom. The van der Waals surface area contributed by atoms with Crippen LogP contribution in [0.1, 0.15) is 25.0 Å². The first-order valence-corrected chi connectivity index (χ1v) is 10.5. The summed E-state index contributed by atoms with van der Waals surface area (Å²) in [5, 5.41) is 25.5. The average molecular weight is 436 g/mol. The van der Waals surface area contributed by atoms with Gasteiger partial charge in [0.25, 0.3) is 0 Å². The third-order valence-electron chi connectivity index (χ3n) is 5.65. The summed E-state index contributed by atoms with van der Waals surface area (Å²) < 4.78 is 7.06. The minimum atomic E-state index is -0.883. The molecule has 0 saturated carbocycles. The van der Waals surface area contributed by atoms with E-state index in [9.17, 15) is 9.59 Å². The third-order valence-corrected chi connectivity index (χ3v) is 5.65. The Labute approximate surface area is 185 Å². The number of carboxylic acid groups (broad SMARTS) is 1. The Morgan fingerprint density at radius 3 is 2.66 bits per heavy atom. The summed E-state index contributed by atoms with van der Waals surface area (Å²) in [4.78, 5) is 26.9. The van der Waals surface area contributed by atoms with Crippen LogP contribution in [0.25, 0.3) is 0 Å². The molecule has 1 atom stereocenters. The van der Waals surface area contributed by atoms with E-state index in [1.54, 1.807) is 21.9 Å². The van der Waals surface area contributed by atoms with Crippen molar-refractivity contribution in [2.45, 2.75) is 38.3 Å². The number of carbonyl (C=O) groups excluding carboxylic acids is 1. The number of aryl methyl sites for hydroxylation is 1. The number of benzene rings is 1. The summed E-state index contributed by atoms with van der Waals surface area (Å²) in [7, 11) is 0. The predicted molar refractivity (Wildman–Crippen MR) is 115 cm³/mol. The lowest BCUT2D eigenvalue weighted by Crippen LogP contribution is -2.30. The highest BCUT2D eigenvalue weighted by Gasteiger charge is 2.33. The van der Waals surface area contributed by atoms with Gasteiger partial charge in [0.15, 0.2) is 0 Å². The molecule has 4 rings (SSSR count). The quantitative estimate of drug-likeness (QED) is 0.656. The van der Waals surface area contributed by atoms with Crippen LogP contribution < -0.4 is 9.80 Å². The smallest absolute Gasteiger partial charge is 0.414 e. The average Bonchev–Trinajstić information content (AvgIpc) is 3.39. The number of carboxylic acids is 1. The van der Waals surface area contributed by atoms with E-state index in [1.165, 1.54) is 5.57 Å². The van der Waals surface area contributed by atoms with Gasteiger partial charge >= 0.3 is 12.1 Å². The van der Waals surface area contributed by atoms with Crippen molar-refractivity contribution in [1.82, 2.24) is 15.0 Å². The number of hydrogen-bond donors (Lipinski definition) is 1. The lowest BCUT2D eigenvalue weighted by Gasteiger charge is -2.30. The van der Waals surface area contributed by atoms with E-state index in [0.717, 1.165) is 37.3 Å². The maximum absolute atomic E-state index is 12.4. The summed E-state index contributed by atoms with van der Waals surface area (Å²) in [6.45, 7) is 2.49. The number of carbonyl (C=O) groups is 2. The first-order valence-electron chi connectivity index (χ1n) is 10.5. The molecular weight excluding hydrogens is 412 g/mol. The largest absolute Gasteiger partial charge is 0.481 e. The van der Waals surface area contributed by atoms with E-state index in [1.807, 2.05) is 24.3 Å². The molecular formula is C22H24N6O4. The standard InChI is InChI=1S/C22H24N6O4/c23-10-7-16-8-11-26(12-9-16)18-2-4-19(5-3-18)28-15-20(32-22(28)31)14-27-13-17(24-25-27)1-6-21(29)30/h2-5,7,13,20H,1,6,8-9,11-12,14-15H2,(H,29,30). The highest BCUT2D eigenvalue weighted by Crippen LogP contribution is 2.27. The van der Waals surface area contributed by atoms with Gasteiger partial charge in [-0.25, -0.2) is 9.48 Å². The Bertz CT molecular complexity index is 1050. The number of nitriles is 1. The highest BCUT2D eigenvalue weighted by atomic mass is 16.6. The first-order chi connectivity index (χ1) is 15.5. The number of anilines is 2. The number of ether oxygens (including phenoxy) is 1. The van der Waals surface area contributed by atoms with Crippen molar-refractivity contribution in [3.05, 3.63) is 47.8 Å². The maximum Gasteiger partial charge on any atom is 0.414 e. The van der Waals surface area contributed by atoms with Crippen LogP contribution >= 0.6 is 0 Å². The number of cyclic esters (lactones) is 1. The molecule has 1 aromatic carbocycles. The predicted octanol–water partition coefficient (Wildman–Crippen LogP) is 2.37. The van der Waals surface area contributed by atoms with Gasteiger partial charge in [0.05, 0.1) is 31.3 Å². The molecule has 2 fully saturated rings. The maximum atomic E-state index is 12.4. The van der Waals surface area contributed by atoms with Crippen LogP contribution in [0.2, 0.25) is 0 Å². The van der Waals surface area contributed by atoms with E-state index >= 15 is 0 Å². The van der Waals surface area contributed by atoms with Crippen LogP contribution in [-0.2, 0) is 22.5 Å². The zero-order valence-electron chi connectivity index (χ0n) is 17.6. The number of nitrogens with zero attached hydrogens (tertiary/aromatic N) is 6. The third kappa shape index (κ3) is 5.06. The minimum absolute atomic E-state index is 0.00393. The molecule has 1 unspecified atom stereocenters. The summed E-state index contributed by atoms with van der Waals surface area (Å²) in [5.74, 6) is -0.883. The van der Waals surface area contributed by atoms with Gasteiger partial charge in [0.2, 0.25) is 0 Å². The second-order valence-corrected chi connectivity index (χ2v) is 7.88. The van der Waals surface area contributed by atoms with Crippen LogP contribution in [0.3, 0.4) is 0 Å². The Hall–Kier alpha value is -3.87. The summed E-state index contributed by atoms with van der Waals surface area (Å²) in [6, 6.07) is 9.94. The van der Waals surface area contributed by atoms with Gasteiger partial charge in [0, 0.05) is 43.2 Å². The van der Waals surface area contributed by atoms with Crippen LogP contribution in [-0.4, -0.2) is 57.9 Å². The van der Waals surface area contributed by atoms with Gasteiger partial charge in [-0.1, -0.05) is 10.8 Å². The zero-order valence-corrected chi connectivity index (χ0v) is 17.6. The first kappa shape index (κ1) is 21.4. The van der Waals surface area contributed by atoms with Crippen molar-refractivity contribution in [2.24, 2.45) is 0 Å². The van der Waals surface area contributed by atoms with Crippen molar-refractivity contribution in [3.8, 4) is 6.07 Å². The molecule has 32 heavy (non-hydrogen) atoms. The van der Waals surface area contributed by atoms with Crippen molar-refractivity contribution < 1.29 is 19.4 Å². The van der Waals surface area contributed by atoms with E-state index < -0.39 is 12.1 Å². The topological polar surface area (TPSA) is 125 Å². The van der Waals surface area contributed by atoms with Gasteiger partial charge < -0.3 is 14.7 Å². The van der Waals surface area contributed by atoms with E-state index in [4.69, 9.17) is 15.1 Å². The van der Waals surface area contributed by atoms with Crippen LogP contribution in [0.5, 0.6) is 0 Å². The van der Waals surface area contributed by atoms with Gasteiger partial charge in [-0.3, -0.25) is 9.69 Å². The van der Waals surface area contributed by atoms with Crippen LogP contribution in [0.4, 0.5) is 16.2 Å². The van der Waals surface area contributed by atoms with E-state index in [0.29, 0.717) is 25.2 Å². The van der Waals surface area contributed by atoms with Crippen LogP contribution in [0.15, 0.2) is 42.1 Å². The molecule has 166 valence electrons. The number of piperidine rings is 1. The van der Waals surface area contributed by atoms with Gasteiger partial charge in [-0.15, -0.1) is 5.10 Å². The minimum Gasteiger partial charge on any atom is -0.481 e. The fourth-order valence-corrected chi connectivity index (χ4v) is 3.94. The van der Waals surface area contributed by atoms with Crippen molar-refractivity contribution in [1.29, 1.82) is 5.26 Å². The summed E-state index contributed by atoms with van der Waals surface area (Å²) in [6.07, 6.45) is 4.63. The molecule has 2 saturated heterocycles.